The number of hydrogen-bond acceptors (Lipinski definition) is 5. The van der Waals surface area contributed by atoms with Crippen molar-refractivity contribution in [2.24, 2.45) is 0 Å². The Labute approximate surface area is 140 Å². The molecule has 0 saturated heterocycles. The molecule has 0 radical (unpaired) electrons. The smallest absolute Gasteiger partial charge is 0.235 e. The molecule has 2 heterocycles. The molecule has 4 nitrogen and oxygen atoms in total. The highest BCUT2D eigenvalue weighted by atomic mass is 79.9. The fraction of sp³-hybridized carbons (Fsp3) is 0.357. The van der Waals surface area contributed by atoms with Crippen LogP contribution in [0.1, 0.15) is 26.5 Å². The highest BCUT2D eigenvalue weighted by Crippen LogP contribution is 2.29. The number of hydrogen-bond donors (Lipinski definition) is 1. The van der Waals surface area contributed by atoms with Crippen LogP contribution in [-0.4, -0.2) is 21.6 Å². The Morgan fingerprint density at radius 3 is 2.76 bits per heavy atom. The van der Waals surface area contributed by atoms with E-state index >= 15 is 0 Å². The summed E-state index contributed by atoms with van der Waals surface area (Å²) in [7, 11) is 0. The zero-order chi connectivity index (χ0) is 15.5. The summed E-state index contributed by atoms with van der Waals surface area (Å²) >= 11 is 6.33. The van der Waals surface area contributed by atoms with Crippen LogP contribution in [-0.2, 0) is 10.2 Å². The first kappa shape index (κ1) is 16.5. The monoisotopic (exact) mass is 385 g/mol. The van der Waals surface area contributed by atoms with Gasteiger partial charge in [-0.3, -0.25) is 4.79 Å². The van der Waals surface area contributed by atoms with Gasteiger partial charge in [0.05, 0.1) is 11.4 Å². The third kappa shape index (κ3) is 5.09. The van der Waals surface area contributed by atoms with E-state index in [1.54, 1.807) is 23.6 Å². The van der Waals surface area contributed by atoms with Crippen LogP contribution in [0.2, 0.25) is 0 Å². The second-order valence-corrected chi connectivity index (χ2v) is 8.44. The van der Waals surface area contributed by atoms with Gasteiger partial charge in [0.15, 0.2) is 4.34 Å². The Hall–Kier alpha value is -0.920. The van der Waals surface area contributed by atoms with Gasteiger partial charge in [-0.15, -0.1) is 11.3 Å². The number of carbonyl (C=O) groups is 1. The minimum absolute atomic E-state index is 0.0406. The summed E-state index contributed by atoms with van der Waals surface area (Å²) < 4.78 is 1.80. The maximum absolute atomic E-state index is 11.9. The summed E-state index contributed by atoms with van der Waals surface area (Å²) in [5.74, 6) is 0.801. The molecule has 2 aromatic rings. The van der Waals surface area contributed by atoms with Gasteiger partial charge in [0.1, 0.15) is 5.82 Å². The van der Waals surface area contributed by atoms with Crippen molar-refractivity contribution in [3.63, 3.8) is 0 Å². The number of rotatable bonds is 4. The highest BCUT2D eigenvalue weighted by molar-refractivity contribution is 9.10. The van der Waals surface area contributed by atoms with Crippen molar-refractivity contribution < 1.29 is 4.79 Å². The molecular weight excluding hydrogens is 370 g/mol. The second-order valence-electron chi connectivity index (χ2n) is 5.45. The summed E-state index contributed by atoms with van der Waals surface area (Å²) in [5, 5.41) is 4.81. The van der Waals surface area contributed by atoms with Crippen molar-refractivity contribution in [1.82, 2.24) is 9.97 Å². The molecule has 0 saturated carbocycles. The van der Waals surface area contributed by atoms with E-state index in [1.165, 1.54) is 11.8 Å². The highest BCUT2D eigenvalue weighted by Gasteiger charge is 2.17. The minimum Gasteiger partial charge on any atom is -0.310 e. The largest absolute Gasteiger partial charge is 0.310 e. The van der Waals surface area contributed by atoms with Gasteiger partial charge in [-0.1, -0.05) is 32.5 Å². The van der Waals surface area contributed by atoms with E-state index in [0.29, 0.717) is 11.6 Å². The summed E-state index contributed by atoms with van der Waals surface area (Å²) in [6.45, 7) is 6.38. The molecular formula is C14H16BrN3OS2. The van der Waals surface area contributed by atoms with Crippen LogP contribution in [0.4, 0.5) is 5.82 Å². The zero-order valence-electron chi connectivity index (χ0n) is 12.0. The third-order valence-corrected chi connectivity index (χ3v) is 5.06. The predicted octanol–water partition coefficient (Wildman–Crippen LogP) is 4.33. The second kappa shape index (κ2) is 6.89. The molecule has 0 aromatic carbocycles. The Morgan fingerprint density at radius 2 is 2.19 bits per heavy atom. The quantitative estimate of drug-likeness (QED) is 0.795. The topological polar surface area (TPSA) is 54.9 Å². The van der Waals surface area contributed by atoms with Gasteiger partial charge in [0.25, 0.3) is 0 Å². The molecule has 0 bridgehead atoms. The third-order valence-electron chi connectivity index (χ3n) is 2.57. The Morgan fingerprint density at radius 1 is 1.43 bits per heavy atom. The van der Waals surface area contributed by atoms with Crippen LogP contribution in [0.25, 0.3) is 0 Å². The fourth-order valence-corrected chi connectivity index (χ4v) is 3.51. The van der Waals surface area contributed by atoms with E-state index < -0.39 is 0 Å². The van der Waals surface area contributed by atoms with Crippen LogP contribution in [0.3, 0.4) is 0 Å². The van der Waals surface area contributed by atoms with Gasteiger partial charge in [-0.25, -0.2) is 9.97 Å². The Balaban J connectivity index is 1.86. The van der Waals surface area contributed by atoms with Crippen molar-refractivity contribution >= 4 is 50.8 Å². The summed E-state index contributed by atoms with van der Waals surface area (Å²) in [6.07, 6.45) is 1.65. The molecule has 2 rings (SSSR count). The molecule has 0 aliphatic rings. The zero-order valence-corrected chi connectivity index (χ0v) is 15.2. The molecule has 2 aromatic heterocycles. The van der Waals surface area contributed by atoms with E-state index in [1.807, 2.05) is 6.07 Å². The average Bonchev–Trinajstić information content (AvgIpc) is 2.88. The molecule has 112 valence electrons. The van der Waals surface area contributed by atoms with Crippen LogP contribution >= 0.6 is 39.0 Å². The molecule has 0 aliphatic heterocycles. The number of nitrogens with zero attached hydrogens (tertiary/aromatic N) is 2. The summed E-state index contributed by atoms with van der Waals surface area (Å²) in [5.41, 5.74) is 1.10. The number of carbonyl (C=O) groups excluding carboxylic acids is 1. The minimum atomic E-state index is -0.0812. The van der Waals surface area contributed by atoms with E-state index in [2.05, 4.69) is 57.4 Å². The molecule has 0 spiro atoms. The first-order chi connectivity index (χ1) is 9.84. The number of thiazole rings is 1. The first-order valence-electron chi connectivity index (χ1n) is 6.35. The standard InChI is InChI=1S/C14H16BrN3OS2/c1-14(2,3)10-7-20-13(17-10)21-8-12(19)18-11-5-4-9(15)6-16-11/h4-7H,8H2,1-3H3,(H,16,18,19). The SMILES string of the molecule is CC(C)(C)c1csc(SCC(=O)Nc2ccc(Br)cn2)n1. The molecule has 0 aliphatic carbocycles. The first-order valence-corrected chi connectivity index (χ1v) is 9.00. The number of amides is 1. The lowest BCUT2D eigenvalue weighted by Gasteiger charge is -2.14. The van der Waals surface area contributed by atoms with Crippen molar-refractivity contribution in [1.29, 1.82) is 0 Å². The van der Waals surface area contributed by atoms with Gasteiger partial charge in [0, 0.05) is 21.5 Å². The molecule has 0 fully saturated rings. The van der Waals surface area contributed by atoms with Crippen molar-refractivity contribution in [2.45, 2.75) is 30.5 Å². The van der Waals surface area contributed by atoms with Crippen molar-refractivity contribution in [3.8, 4) is 0 Å². The molecule has 0 unspecified atom stereocenters. The molecule has 1 N–H and O–H groups in total. The summed E-state index contributed by atoms with van der Waals surface area (Å²) in [6, 6.07) is 3.60. The lowest BCUT2D eigenvalue weighted by Crippen LogP contribution is -2.15. The van der Waals surface area contributed by atoms with Crippen molar-refractivity contribution in [3.05, 3.63) is 33.9 Å². The van der Waals surface area contributed by atoms with Gasteiger partial charge in [-0.05, 0) is 28.1 Å². The number of anilines is 1. The maximum atomic E-state index is 11.9. The maximum Gasteiger partial charge on any atom is 0.235 e. The molecule has 1 amide bonds. The lowest BCUT2D eigenvalue weighted by atomic mass is 9.93. The fourth-order valence-electron chi connectivity index (χ4n) is 1.42. The number of nitrogens with one attached hydrogen (secondary N) is 1. The normalized spacial score (nSPS) is 11.4. The van der Waals surface area contributed by atoms with E-state index in [9.17, 15) is 4.79 Å². The molecule has 0 atom stereocenters. The van der Waals surface area contributed by atoms with Gasteiger partial charge < -0.3 is 5.32 Å². The average molecular weight is 386 g/mol. The van der Waals surface area contributed by atoms with Gasteiger partial charge in [-0.2, -0.15) is 0 Å². The van der Waals surface area contributed by atoms with Crippen LogP contribution in [0.15, 0.2) is 32.5 Å². The summed E-state index contributed by atoms with van der Waals surface area (Å²) in [4.78, 5) is 20.5. The number of thioether (sulfide) groups is 1. The van der Waals surface area contributed by atoms with E-state index in [-0.39, 0.29) is 11.3 Å². The molecule has 21 heavy (non-hydrogen) atoms. The number of aromatic nitrogens is 2. The predicted molar refractivity (Wildman–Crippen MR) is 92.1 cm³/mol. The van der Waals surface area contributed by atoms with Gasteiger partial charge in [0.2, 0.25) is 5.91 Å². The van der Waals surface area contributed by atoms with Crippen molar-refractivity contribution in [2.75, 3.05) is 11.1 Å². The number of halogens is 1. The lowest BCUT2D eigenvalue weighted by molar-refractivity contribution is -0.113. The Bertz CT molecular complexity index is 620. The Kier molecular flexibility index (Phi) is 5.40. The molecule has 7 heteroatoms. The van der Waals surface area contributed by atoms with E-state index in [0.717, 1.165) is 14.5 Å². The van der Waals surface area contributed by atoms with Crippen LogP contribution in [0.5, 0.6) is 0 Å². The van der Waals surface area contributed by atoms with Gasteiger partial charge >= 0.3 is 0 Å². The van der Waals surface area contributed by atoms with Crippen LogP contribution < -0.4 is 5.32 Å². The number of pyridine rings is 1. The van der Waals surface area contributed by atoms with E-state index in [4.69, 9.17) is 0 Å². The van der Waals surface area contributed by atoms with Crippen LogP contribution in [0, 0.1) is 0 Å².